The lowest BCUT2D eigenvalue weighted by atomic mass is 10.5. The summed E-state index contributed by atoms with van der Waals surface area (Å²) >= 11 is 2.44. The van der Waals surface area contributed by atoms with Crippen LogP contribution in [0.25, 0.3) is 0 Å². The van der Waals surface area contributed by atoms with Crippen LogP contribution in [0, 0.1) is 0 Å². The van der Waals surface area contributed by atoms with Gasteiger partial charge < -0.3 is 10.4 Å². The van der Waals surface area contributed by atoms with Gasteiger partial charge in [0.1, 0.15) is 4.88 Å². The largest absolute Gasteiger partial charge is 0.477 e. The molecule has 0 fully saturated rings. The fourth-order valence-corrected chi connectivity index (χ4v) is 2.72. The number of anilines is 1. The van der Waals surface area contributed by atoms with Gasteiger partial charge in [0.05, 0.1) is 10.8 Å². The van der Waals surface area contributed by atoms with E-state index in [0.717, 1.165) is 16.2 Å². The number of carboxylic acids is 1. The summed E-state index contributed by atoms with van der Waals surface area (Å²) in [6.07, 6.45) is 3.33. The molecule has 2 heterocycles. The molecule has 0 aliphatic carbocycles. The van der Waals surface area contributed by atoms with Crippen LogP contribution >= 0.6 is 23.1 Å². The fraction of sp³-hybridized carbons (Fsp3) is 0.0833. The summed E-state index contributed by atoms with van der Waals surface area (Å²) in [6.45, 7) is 0. The Kier molecular flexibility index (Phi) is 4.53. The Hall–Kier alpha value is -1.86. The Balaban J connectivity index is 1.85. The summed E-state index contributed by atoms with van der Waals surface area (Å²) in [5, 5.41) is 12.0. The minimum absolute atomic E-state index is 0.166. The minimum atomic E-state index is -0.989. The third-order valence-corrected chi connectivity index (χ3v) is 4.10. The Morgan fingerprint density at radius 2 is 2.00 bits per heavy atom. The summed E-state index contributed by atoms with van der Waals surface area (Å²) in [5.74, 6) is -0.887. The van der Waals surface area contributed by atoms with Crippen LogP contribution in [-0.2, 0) is 4.79 Å². The van der Waals surface area contributed by atoms with E-state index >= 15 is 0 Å². The van der Waals surface area contributed by atoms with Crippen molar-refractivity contribution in [3.63, 3.8) is 0 Å². The van der Waals surface area contributed by atoms with E-state index in [4.69, 9.17) is 5.11 Å². The van der Waals surface area contributed by atoms with E-state index in [9.17, 15) is 9.59 Å². The van der Waals surface area contributed by atoms with Crippen molar-refractivity contribution in [2.24, 2.45) is 0 Å². The highest BCUT2D eigenvalue weighted by atomic mass is 32.2. The topological polar surface area (TPSA) is 79.3 Å². The lowest BCUT2D eigenvalue weighted by molar-refractivity contribution is -0.113. The van der Waals surface area contributed by atoms with Crippen molar-refractivity contribution in [3.8, 4) is 0 Å². The Labute approximate surface area is 117 Å². The molecule has 0 unspecified atom stereocenters. The van der Waals surface area contributed by atoms with Gasteiger partial charge >= 0.3 is 5.97 Å². The van der Waals surface area contributed by atoms with Gasteiger partial charge in [-0.05, 0) is 24.3 Å². The standard InChI is InChI=1S/C12H10N2O3S2/c15-10(7-18-8-3-5-13-6-4-8)14-11-2-1-9(19-11)12(16)17/h1-6H,7H2,(H,14,15)(H,16,17). The first kappa shape index (κ1) is 13.6. The monoisotopic (exact) mass is 294 g/mol. The molecule has 2 aromatic heterocycles. The number of hydrogen-bond acceptors (Lipinski definition) is 5. The van der Waals surface area contributed by atoms with Gasteiger partial charge in [-0.3, -0.25) is 9.78 Å². The molecule has 2 aromatic rings. The highest BCUT2D eigenvalue weighted by Crippen LogP contribution is 2.22. The van der Waals surface area contributed by atoms with Crippen LogP contribution in [0.15, 0.2) is 41.6 Å². The number of nitrogens with zero attached hydrogens (tertiary/aromatic N) is 1. The third kappa shape index (κ3) is 4.08. The van der Waals surface area contributed by atoms with Crippen LogP contribution in [0.4, 0.5) is 5.00 Å². The third-order valence-electron chi connectivity index (χ3n) is 2.10. The number of hydrogen-bond donors (Lipinski definition) is 2. The molecule has 19 heavy (non-hydrogen) atoms. The molecule has 0 atom stereocenters. The summed E-state index contributed by atoms with van der Waals surface area (Å²) in [7, 11) is 0. The van der Waals surface area contributed by atoms with Crippen LogP contribution in [0.2, 0.25) is 0 Å². The predicted octanol–water partition coefficient (Wildman–Crippen LogP) is 2.57. The van der Waals surface area contributed by atoms with Gasteiger partial charge in [0.2, 0.25) is 5.91 Å². The molecular formula is C12H10N2O3S2. The highest BCUT2D eigenvalue weighted by Gasteiger charge is 2.09. The molecule has 0 saturated heterocycles. The molecule has 0 aromatic carbocycles. The molecule has 0 aliphatic heterocycles. The molecule has 1 amide bonds. The Morgan fingerprint density at radius 1 is 1.26 bits per heavy atom. The number of carboxylic acid groups (broad SMARTS) is 1. The van der Waals surface area contributed by atoms with Gasteiger partial charge in [-0.25, -0.2) is 4.79 Å². The molecule has 2 N–H and O–H groups in total. The number of carbonyl (C=O) groups excluding carboxylic acids is 1. The molecule has 5 nitrogen and oxygen atoms in total. The molecule has 0 bridgehead atoms. The second-order valence-electron chi connectivity index (χ2n) is 3.49. The molecule has 0 aliphatic rings. The van der Waals surface area contributed by atoms with Crippen molar-refractivity contribution in [3.05, 3.63) is 41.5 Å². The predicted molar refractivity (Wildman–Crippen MR) is 74.9 cm³/mol. The van der Waals surface area contributed by atoms with Gasteiger partial charge in [0.15, 0.2) is 0 Å². The molecular weight excluding hydrogens is 284 g/mol. The van der Waals surface area contributed by atoms with Crippen molar-refractivity contribution in [2.45, 2.75) is 4.90 Å². The summed E-state index contributed by atoms with van der Waals surface area (Å²) in [4.78, 5) is 27.4. The second-order valence-corrected chi connectivity index (χ2v) is 5.62. The zero-order valence-electron chi connectivity index (χ0n) is 9.70. The van der Waals surface area contributed by atoms with Gasteiger partial charge in [-0.15, -0.1) is 23.1 Å². The van der Waals surface area contributed by atoms with Crippen LogP contribution in [0.5, 0.6) is 0 Å². The molecule has 0 radical (unpaired) electrons. The van der Waals surface area contributed by atoms with Crippen LogP contribution in [0.3, 0.4) is 0 Å². The average Bonchev–Trinajstić information content (AvgIpc) is 2.86. The van der Waals surface area contributed by atoms with Gasteiger partial charge in [0, 0.05) is 17.3 Å². The number of rotatable bonds is 5. The number of aromatic nitrogens is 1. The van der Waals surface area contributed by atoms with Crippen molar-refractivity contribution in [1.29, 1.82) is 0 Å². The van der Waals surface area contributed by atoms with Gasteiger partial charge in [-0.2, -0.15) is 0 Å². The summed E-state index contributed by atoms with van der Waals surface area (Å²) in [6, 6.07) is 6.71. The van der Waals surface area contributed by atoms with Crippen LogP contribution in [0.1, 0.15) is 9.67 Å². The number of nitrogens with one attached hydrogen (secondary N) is 1. The summed E-state index contributed by atoms with van der Waals surface area (Å²) in [5.41, 5.74) is 0. The van der Waals surface area contributed by atoms with E-state index in [1.807, 2.05) is 12.1 Å². The number of carbonyl (C=O) groups is 2. The first-order valence-corrected chi connectivity index (χ1v) is 7.11. The highest BCUT2D eigenvalue weighted by molar-refractivity contribution is 8.00. The van der Waals surface area contributed by atoms with Crippen LogP contribution < -0.4 is 5.32 Å². The van der Waals surface area contributed by atoms with Crippen LogP contribution in [-0.4, -0.2) is 27.7 Å². The van der Waals surface area contributed by atoms with E-state index in [-0.39, 0.29) is 16.5 Å². The first-order chi connectivity index (χ1) is 9.15. The lowest BCUT2D eigenvalue weighted by Crippen LogP contribution is -2.12. The molecule has 2 rings (SSSR count). The number of thiophene rings is 1. The molecule has 7 heteroatoms. The maximum atomic E-state index is 11.7. The molecule has 98 valence electrons. The van der Waals surface area contributed by atoms with Gasteiger partial charge in [0.25, 0.3) is 0 Å². The van der Waals surface area contributed by atoms with E-state index < -0.39 is 5.97 Å². The lowest BCUT2D eigenvalue weighted by Gasteiger charge is -2.02. The average molecular weight is 294 g/mol. The van der Waals surface area contributed by atoms with Crippen molar-refractivity contribution in [1.82, 2.24) is 4.98 Å². The molecule has 0 saturated carbocycles. The number of amides is 1. The van der Waals surface area contributed by atoms with E-state index in [0.29, 0.717) is 5.00 Å². The Morgan fingerprint density at radius 3 is 2.63 bits per heavy atom. The Bertz CT molecular complexity index is 584. The SMILES string of the molecule is O=C(CSc1ccncc1)Nc1ccc(C(=O)O)s1. The maximum Gasteiger partial charge on any atom is 0.345 e. The minimum Gasteiger partial charge on any atom is -0.477 e. The summed E-state index contributed by atoms with van der Waals surface area (Å²) < 4.78 is 0. The first-order valence-electron chi connectivity index (χ1n) is 5.31. The second kappa shape index (κ2) is 6.35. The number of aromatic carboxylic acids is 1. The quantitative estimate of drug-likeness (QED) is 0.829. The van der Waals surface area contributed by atoms with E-state index in [2.05, 4.69) is 10.3 Å². The van der Waals surface area contributed by atoms with Gasteiger partial charge in [-0.1, -0.05) is 0 Å². The number of pyridine rings is 1. The normalized spacial score (nSPS) is 10.1. The zero-order valence-corrected chi connectivity index (χ0v) is 11.3. The van der Waals surface area contributed by atoms with Crippen molar-refractivity contribution in [2.75, 3.05) is 11.1 Å². The number of thioether (sulfide) groups is 1. The van der Waals surface area contributed by atoms with E-state index in [1.165, 1.54) is 17.8 Å². The zero-order chi connectivity index (χ0) is 13.7. The fourth-order valence-electron chi connectivity index (χ4n) is 1.28. The van der Waals surface area contributed by atoms with E-state index in [1.54, 1.807) is 18.5 Å². The molecule has 0 spiro atoms. The van der Waals surface area contributed by atoms with Crippen molar-refractivity contribution >= 4 is 40.0 Å². The van der Waals surface area contributed by atoms with Crippen molar-refractivity contribution < 1.29 is 14.7 Å². The maximum absolute atomic E-state index is 11.7. The smallest absolute Gasteiger partial charge is 0.345 e.